The lowest BCUT2D eigenvalue weighted by Gasteiger charge is -2.15. The smallest absolute Gasteiger partial charge is 0.240 e. The average Bonchev–Trinajstić information content (AvgIpc) is 2.50. The van der Waals surface area contributed by atoms with Crippen LogP contribution in [-0.4, -0.2) is 29.6 Å². The monoisotopic (exact) mass is 438 g/mol. The third-order valence-corrected chi connectivity index (χ3v) is 5.67. The van der Waals surface area contributed by atoms with Crippen LogP contribution in [0.1, 0.15) is 6.92 Å². The largest absolute Gasteiger partial charge is 0.454 e. The molecule has 2 aromatic carbocycles. The number of nitrogens with one attached hydrogen (secondary N) is 2. The molecule has 2 rings (SSSR count). The minimum atomic E-state index is -3.76. The van der Waals surface area contributed by atoms with E-state index in [1.165, 1.54) is 36.4 Å². The quantitative estimate of drug-likeness (QED) is 0.688. The summed E-state index contributed by atoms with van der Waals surface area (Å²) >= 11 is 11.9. The molecule has 26 heavy (non-hydrogen) atoms. The van der Waals surface area contributed by atoms with Gasteiger partial charge in [0.2, 0.25) is 20.0 Å². The highest BCUT2D eigenvalue weighted by Gasteiger charge is 2.18. The van der Waals surface area contributed by atoms with Gasteiger partial charge in [-0.3, -0.25) is 4.72 Å². The van der Waals surface area contributed by atoms with Gasteiger partial charge in [0.25, 0.3) is 0 Å². The molecule has 0 aliphatic rings. The van der Waals surface area contributed by atoms with Gasteiger partial charge in [0.1, 0.15) is 5.75 Å². The van der Waals surface area contributed by atoms with Gasteiger partial charge in [0.15, 0.2) is 5.75 Å². The van der Waals surface area contributed by atoms with Crippen LogP contribution in [0, 0.1) is 0 Å². The van der Waals surface area contributed by atoms with E-state index in [1.807, 2.05) is 0 Å². The van der Waals surface area contributed by atoms with Crippen molar-refractivity contribution in [1.29, 1.82) is 0 Å². The molecule has 0 aliphatic heterocycles. The summed E-state index contributed by atoms with van der Waals surface area (Å²) in [4.78, 5) is -0.0847. The zero-order valence-electron chi connectivity index (χ0n) is 13.8. The molecular formula is C15H16Cl2N2O5S2. The van der Waals surface area contributed by atoms with Gasteiger partial charge in [-0.05, 0) is 30.3 Å². The highest BCUT2D eigenvalue weighted by molar-refractivity contribution is 7.92. The minimum absolute atomic E-state index is 0.0291. The molecule has 0 amide bonds. The maximum atomic E-state index is 12.2. The molecule has 0 saturated carbocycles. The molecule has 0 aromatic heterocycles. The molecule has 0 spiro atoms. The van der Waals surface area contributed by atoms with Crippen LogP contribution in [0.15, 0.2) is 41.3 Å². The second-order valence-electron chi connectivity index (χ2n) is 5.21. The Labute approximate surface area is 162 Å². The van der Waals surface area contributed by atoms with Crippen molar-refractivity contribution in [2.24, 2.45) is 0 Å². The molecule has 0 saturated heterocycles. The lowest BCUT2D eigenvalue weighted by molar-refractivity contribution is 0.483. The highest BCUT2D eigenvalue weighted by atomic mass is 35.5. The standard InChI is InChI=1S/C15H16Cl2N2O5S2/c1-3-18-26(22,23)11-5-6-13(19-25(2,20)21)15(9-11)24-14-7-4-10(16)8-12(14)17/h4-9,18-19H,3H2,1-2H3. The molecule has 11 heteroatoms. The number of anilines is 1. The molecular weight excluding hydrogens is 423 g/mol. The van der Waals surface area contributed by atoms with Gasteiger partial charge in [0, 0.05) is 17.6 Å². The first kappa shape index (κ1) is 20.8. The first-order valence-electron chi connectivity index (χ1n) is 7.26. The van der Waals surface area contributed by atoms with Crippen LogP contribution >= 0.6 is 23.2 Å². The Kier molecular flexibility index (Phi) is 6.41. The predicted molar refractivity (Wildman–Crippen MR) is 102 cm³/mol. The number of rotatable bonds is 7. The first-order valence-corrected chi connectivity index (χ1v) is 11.4. The van der Waals surface area contributed by atoms with E-state index in [4.69, 9.17) is 27.9 Å². The molecule has 7 nitrogen and oxygen atoms in total. The van der Waals surface area contributed by atoms with E-state index in [2.05, 4.69) is 9.44 Å². The fourth-order valence-corrected chi connectivity index (χ4v) is 4.06. The van der Waals surface area contributed by atoms with Crippen molar-refractivity contribution in [2.45, 2.75) is 11.8 Å². The first-order chi connectivity index (χ1) is 12.0. The highest BCUT2D eigenvalue weighted by Crippen LogP contribution is 2.36. The van der Waals surface area contributed by atoms with Crippen molar-refractivity contribution in [1.82, 2.24) is 4.72 Å². The van der Waals surface area contributed by atoms with Gasteiger partial charge >= 0.3 is 0 Å². The van der Waals surface area contributed by atoms with E-state index in [0.717, 1.165) is 6.26 Å². The van der Waals surface area contributed by atoms with E-state index in [-0.39, 0.29) is 33.6 Å². The zero-order valence-corrected chi connectivity index (χ0v) is 16.9. The fraction of sp³-hybridized carbons (Fsp3) is 0.200. The molecule has 0 atom stereocenters. The maximum Gasteiger partial charge on any atom is 0.240 e. The van der Waals surface area contributed by atoms with E-state index in [9.17, 15) is 16.8 Å². The fourth-order valence-electron chi connectivity index (χ4n) is 1.99. The van der Waals surface area contributed by atoms with Crippen LogP contribution in [0.2, 0.25) is 10.0 Å². The van der Waals surface area contributed by atoms with E-state index < -0.39 is 20.0 Å². The topological polar surface area (TPSA) is 102 Å². The Morgan fingerprint density at radius 1 is 1.00 bits per heavy atom. The van der Waals surface area contributed by atoms with Crippen molar-refractivity contribution in [2.75, 3.05) is 17.5 Å². The van der Waals surface area contributed by atoms with Crippen LogP contribution in [0.5, 0.6) is 11.5 Å². The number of ether oxygens (including phenoxy) is 1. The lowest BCUT2D eigenvalue weighted by Crippen LogP contribution is -2.23. The summed E-state index contributed by atoms with van der Waals surface area (Å²) in [6.45, 7) is 1.84. The van der Waals surface area contributed by atoms with Gasteiger partial charge in [-0.2, -0.15) is 0 Å². The number of benzene rings is 2. The van der Waals surface area contributed by atoms with Gasteiger partial charge in [0.05, 0.1) is 21.9 Å². The molecule has 0 bridgehead atoms. The molecule has 2 N–H and O–H groups in total. The molecule has 2 aromatic rings. The summed E-state index contributed by atoms with van der Waals surface area (Å²) in [6.07, 6.45) is 0.968. The minimum Gasteiger partial charge on any atom is -0.454 e. The third-order valence-electron chi connectivity index (χ3n) is 3.01. The van der Waals surface area contributed by atoms with Crippen molar-refractivity contribution in [3.8, 4) is 11.5 Å². The van der Waals surface area contributed by atoms with Crippen LogP contribution in [0.25, 0.3) is 0 Å². The second kappa shape index (κ2) is 8.01. The Balaban J connectivity index is 2.54. The number of hydrogen-bond acceptors (Lipinski definition) is 5. The Bertz CT molecular complexity index is 1020. The van der Waals surface area contributed by atoms with Gasteiger partial charge in [-0.1, -0.05) is 30.1 Å². The summed E-state index contributed by atoms with van der Waals surface area (Å²) in [6, 6.07) is 8.23. The van der Waals surface area contributed by atoms with Crippen LogP contribution < -0.4 is 14.2 Å². The zero-order chi connectivity index (χ0) is 19.5. The normalized spacial score (nSPS) is 12.0. The molecule has 0 heterocycles. The summed E-state index contributed by atoms with van der Waals surface area (Å²) < 4.78 is 57.8. The van der Waals surface area contributed by atoms with E-state index in [1.54, 1.807) is 6.92 Å². The summed E-state index contributed by atoms with van der Waals surface area (Å²) in [5.41, 5.74) is 0.0639. The summed E-state index contributed by atoms with van der Waals surface area (Å²) in [7, 11) is -7.38. The number of sulfonamides is 2. The van der Waals surface area contributed by atoms with E-state index >= 15 is 0 Å². The molecule has 0 radical (unpaired) electrons. The van der Waals surface area contributed by atoms with Crippen LogP contribution in [-0.2, 0) is 20.0 Å². The van der Waals surface area contributed by atoms with Crippen molar-refractivity contribution in [3.63, 3.8) is 0 Å². The SMILES string of the molecule is CCNS(=O)(=O)c1ccc(NS(C)(=O)=O)c(Oc2ccc(Cl)cc2Cl)c1. The lowest BCUT2D eigenvalue weighted by atomic mass is 10.3. The average molecular weight is 439 g/mol. The number of halogens is 2. The Hall–Kier alpha value is -1.52. The Morgan fingerprint density at radius 3 is 2.27 bits per heavy atom. The molecule has 0 unspecified atom stereocenters. The molecule has 142 valence electrons. The summed E-state index contributed by atoms with van der Waals surface area (Å²) in [5.74, 6) is 0.157. The Morgan fingerprint density at radius 2 is 1.69 bits per heavy atom. The number of hydrogen-bond donors (Lipinski definition) is 2. The van der Waals surface area contributed by atoms with E-state index in [0.29, 0.717) is 5.02 Å². The van der Waals surface area contributed by atoms with Crippen molar-refractivity contribution < 1.29 is 21.6 Å². The van der Waals surface area contributed by atoms with Crippen molar-refractivity contribution >= 4 is 48.9 Å². The maximum absolute atomic E-state index is 12.2. The summed E-state index contributed by atoms with van der Waals surface area (Å²) in [5, 5.41) is 0.572. The second-order valence-corrected chi connectivity index (χ2v) is 9.57. The van der Waals surface area contributed by atoms with Gasteiger partial charge in [-0.15, -0.1) is 0 Å². The van der Waals surface area contributed by atoms with Crippen LogP contribution in [0.4, 0.5) is 5.69 Å². The van der Waals surface area contributed by atoms with Crippen LogP contribution in [0.3, 0.4) is 0 Å². The molecule has 0 aliphatic carbocycles. The third kappa shape index (κ3) is 5.49. The van der Waals surface area contributed by atoms with Gasteiger partial charge in [-0.25, -0.2) is 21.6 Å². The van der Waals surface area contributed by atoms with Gasteiger partial charge < -0.3 is 4.74 Å². The molecule has 0 fully saturated rings. The van der Waals surface area contributed by atoms with Crippen molar-refractivity contribution in [3.05, 3.63) is 46.4 Å². The predicted octanol–water partition coefficient (Wildman–Crippen LogP) is 3.46.